The van der Waals surface area contributed by atoms with Crippen LogP contribution in [0.5, 0.6) is 0 Å². The van der Waals surface area contributed by atoms with Gasteiger partial charge in [0.1, 0.15) is 0 Å². The maximum Gasteiger partial charge on any atom is 0.237 e. The van der Waals surface area contributed by atoms with Crippen LogP contribution in [0.15, 0.2) is 34.9 Å². The number of rotatable bonds is 5. The number of likely N-dealkylation sites (N-methyl/N-ethyl adjacent to an activating group) is 1. The Morgan fingerprint density at radius 1 is 1.39 bits per heavy atom. The molecule has 1 aromatic carbocycles. The molecule has 2 aromatic rings. The average molecular weight is 314 g/mol. The third-order valence-corrected chi connectivity index (χ3v) is 4.11. The molecule has 0 radical (unpaired) electrons. The lowest BCUT2D eigenvalue weighted by Gasteiger charge is -2.25. The lowest BCUT2D eigenvalue weighted by atomic mass is 10.2. The van der Waals surface area contributed by atoms with Gasteiger partial charge in [0.05, 0.1) is 12.6 Å². The number of hydrogen-bond acceptors (Lipinski definition) is 5. The van der Waals surface area contributed by atoms with Crippen molar-refractivity contribution in [1.82, 2.24) is 19.9 Å². The first-order valence-electron chi connectivity index (χ1n) is 7.95. The van der Waals surface area contributed by atoms with E-state index in [0.717, 1.165) is 25.9 Å². The Labute approximate surface area is 136 Å². The number of aromatic nitrogens is 2. The number of hydrogen-bond donors (Lipinski definition) is 0. The third kappa shape index (κ3) is 3.76. The van der Waals surface area contributed by atoms with Crippen LogP contribution in [-0.4, -0.2) is 46.0 Å². The van der Waals surface area contributed by atoms with Crippen molar-refractivity contribution in [2.24, 2.45) is 0 Å². The molecule has 0 unspecified atom stereocenters. The molecule has 0 spiro atoms. The van der Waals surface area contributed by atoms with Gasteiger partial charge in [0.15, 0.2) is 5.82 Å². The molecule has 2 heterocycles. The zero-order valence-corrected chi connectivity index (χ0v) is 13.6. The molecule has 23 heavy (non-hydrogen) atoms. The van der Waals surface area contributed by atoms with E-state index in [9.17, 15) is 4.79 Å². The monoisotopic (exact) mass is 314 g/mol. The third-order valence-electron chi connectivity index (χ3n) is 4.11. The predicted molar refractivity (Wildman–Crippen MR) is 85.5 cm³/mol. The van der Waals surface area contributed by atoms with Crippen LogP contribution < -0.4 is 0 Å². The molecule has 6 nitrogen and oxygen atoms in total. The molecule has 1 atom stereocenters. The molecule has 6 heteroatoms. The van der Waals surface area contributed by atoms with Crippen molar-refractivity contribution in [3.63, 3.8) is 0 Å². The van der Waals surface area contributed by atoms with Crippen molar-refractivity contribution in [3.8, 4) is 0 Å². The normalized spacial score (nSPS) is 17.9. The van der Waals surface area contributed by atoms with Crippen molar-refractivity contribution in [3.05, 3.63) is 47.6 Å². The lowest BCUT2D eigenvalue weighted by Crippen LogP contribution is -2.38. The fourth-order valence-corrected chi connectivity index (χ4v) is 3.06. The van der Waals surface area contributed by atoms with Gasteiger partial charge in [-0.3, -0.25) is 9.69 Å². The smallest absolute Gasteiger partial charge is 0.237 e. The van der Waals surface area contributed by atoms with Gasteiger partial charge in [-0.05, 0) is 25.5 Å². The summed E-state index contributed by atoms with van der Waals surface area (Å²) in [4.78, 5) is 20.8. The summed E-state index contributed by atoms with van der Waals surface area (Å²) in [6.07, 6.45) is 1.87. The van der Waals surface area contributed by atoms with Crippen LogP contribution >= 0.6 is 0 Å². The summed E-state index contributed by atoms with van der Waals surface area (Å²) >= 11 is 0. The second kappa shape index (κ2) is 6.91. The Bertz CT molecular complexity index is 656. The number of amides is 1. The predicted octanol–water partition coefficient (Wildman–Crippen LogP) is 2.17. The molecule has 1 aliphatic heterocycles. The van der Waals surface area contributed by atoms with Gasteiger partial charge >= 0.3 is 0 Å². The van der Waals surface area contributed by atoms with Crippen LogP contribution in [0.2, 0.25) is 0 Å². The minimum Gasteiger partial charge on any atom is -0.340 e. The van der Waals surface area contributed by atoms with Gasteiger partial charge in [0.2, 0.25) is 11.8 Å². The second-order valence-corrected chi connectivity index (χ2v) is 6.07. The number of benzene rings is 1. The summed E-state index contributed by atoms with van der Waals surface area (Å²) in [7, 11) is 1.97. The fraction of sp³-hybridized carbons (Fsp3) is 0.471. The van der Waals surface area contributed by atoms with Crippen molar-refractivity contribution in [1.29, 1.82) is 0 Å². The maximum atomic E-state index is 12.6. The second-order valence-electron chi connectivity index (χ2n) is 6.07. The van der Waals surface area contributed by atoms with Gasteiger partial charge in [-0.2, -0.15) is 4.98 Å². The van der Waals surface area contributed by atoms with Crippen LogP contribution in [0.3, 0.4) is 0 Å². The van der Waals surface area contributed by atoms with E-state index in [1.807, 2.05) is 35.0 Å². The molecule has 0 saturated carbocycles. The van der Waals surface area contributed by atoms with Gasteiger partial charge in [-0.15, -0.1) is 0 Å². The zero-order valence-electron chi connectivity index (χ0n) is 13.6. The van der Waals surface area contributed by atoms with Gasteiger partial charge in [-0.1, -0.05) is 35.5 Å². The van der Waals surface area contributed by atoms with Gasteiger partial charge in [0, 0.05) is 20.0 Å². The van der Waals surface area contributed by atoms with Crippen LogP contribution in [0.1, 0.15) is 36.2 Å². The van der Waals surface area contributed by atoms with E-state index in [0.29, 0.717) is 18.3 Å². The topological polar surface area (TPSA) is 62.5 Å². The van der Waals surface area contributed by atoms with Gasteiger partial charge < -0.3 is 9.42 Å². The minimum absolute atomic E-state index is 0.0509. The Balaban J connectivity index is 1.60. The molecule has 122 valence electrons. The quantitative estimate of drug-likeness (QED) is 0.846. The average Bonchev–Trinajstić information content (AvgIpc) is 3.16. The van der Waals surface area contributed by atoms with Crippen LogP contribution in [-0.2, 0) is 11.3 Å². The highest BCUT2D eigenvalue weighted by Crippen LogP contribution is 2.30. The van der Waals surface area contributed by atoms with Crippen molar-refractivity contribution < 1.29 is 9.32 Å². The molecule has 1 aliphatic rings. The number of likely N-dealkylation sites (tertiary alicyclic amines) is 1. The fourth-order valence-electron chi connectivity index (χ4n) is 3.06. The first-order chi connectivity index (χ1) is 11.1. The molecular weight excluding hydrogens is 292 g/mol. The highest BCUT2D eigenvalue weighted by molar-refractivity contribution is 5.79. The summed E-state index contributed by atoms with van der Waals surface area (Å²) in [5, 5.41) is 3.98. The van der Waals surface area contributed by atoms with Crippen molar-refractivity contribution >= 4 is 5.91 Å². The van der Waals surface area contributed by atoms with Crippen molar-refractivity contribution in [2.75, 3.05) is 20.1 Å². The summed E-state index contributed by atoms with van der Waals surface area (Å²) in [6.45, 7) is 3.68. The molecule has 1 aromatic heterocycles. The number of carbonyl (C=O) groups is 1. The molecule has 1 fully saturated rings. The standard InChI is InChI=1S/C17H22N4O2/c1-13-18-17(19-23-13)15-9-6-10-21(15)16(22)12-20(2)11-14-7-4-3-5-8-14/h3-5,7-8,15H,6,9-12H2,1-2H3/t15-/m1/s1. The molecular formula is C17H22N4O2. The highest BCUT2D eigenvalue weighted by atomic mass is 16.5. The summed E-state index contributed by atoms with van der Waals surface area (Å²) < 4.78 is 5.06. The van der Waals surface area contributed by atoms with Crippen LogP contribution in [0, 0.1) is 6.92 Å². The SMILES string of the molecule is Cc1nc([C@H]2CCCN2C(=O)CN(C)Cc2ccccc2)no1. The first-order valence-corrected chi connectivity index (χ1v) is 7.95. The molecule has 0 bridgehead atoms. The number of aryl methyl sites for hydroxylation is 1. The summed E-state index contributed by atoms with van der Waals surface area (Å²) in [6, 6.07) is 10.1. The van der Waals surface area contributed by atoms with E-state index in [1.54, 1.807) is 6.92 Å². The molecule has 1 saturated heterocycles. The van der Waals surface area contributed by atoms with E-state index in [-0.39, 0.29) is 11.9 Å². The number of nitrogens with zero attached hydrogens (tertiary/aromatic N) is 4. The summed E-state index contributed by atoms with van der Waals surface area (Å²) in [5.41, 5.74) is 1.20. The molecule has 1 amide bonds. The minimum atomic E-state index is -0.0509. The highest BCUT2D eigenvalue weighted by Gasteiger charge is 2.33. The Kier molecular flexibility index (Phi) is 4.71. The molecule has 0 aliphatic carbocycles. The van der Waals surface area contributed by atoms with E-state index in [4.69, 9.17) is 4.52 Å². The van der Waals surface area contributed by atoms with E-state index in [2.05, 4.69) is 22.3 Å². The Hall–Kier alpha value is -2.21. The van der Waals surface area contributed by atoms with E-state index in [1.165, 1.54) is 5.56 Å². The lowest BCUT2D eigenvalue weighted by molar-refractivity contribution is -0.133. The number of carbonyl (C=O) groups excluding carboxylic acids is 1. The summed E-state index contributed by atoms with van der Waals surface area (Å²) in [5.74, 6) is 1.29. The molecule has 3 rings (SSSR count). The Morgan fingerprint density at radius 2 is 2.17 bits per heavy atom. The Morgan fingerprint density at radius 3 is 2.87 bits per heavy atom. The van der Waals surface area contributed by atoms with Crippen LogP contribution in [0.4, 0.5) is 0 Å². The van der Waals surface area contributed by atoms with E-state index < -0.39 is 0 Å². The van der Waals surface area contributed by atoms with Gasteiger partial charge in [-0.25, -0.2) is 0 Å². The van der Waals surface area contributed by atoms with E-state index >= 15 is 0 Å². The molecule has 0 N–H and O–H groups in total. The van der Waals surface area contributed by atoms with Gasteiger partial charge in [0.25, 0.3) is 0 Å². The van der Waals surface area contributed by atoms with Crippen molar-refractivity contribution in [2.45, 2.75) is 32.4 Å². The van der Waals surface area contributed by atoms with Crippen LogP contribution in [0.25, 0.3) is 0 Å². The first kappa shape index (κ1) is 15.7. The maximum absolute atomic E-state index is 12.6. The largest absolute Gasteiger partial charge is 0.340 e. The zero-order chi connectivity index (χ0) is 16.2.